The molecule has 1 aromatic rings. The maximum atomic E-state index is 13.5. The maximum absolute atomic E-state index is 13.5. The molecule has 2 fully saturated rings. The Bertz CT molecular complexity index is 982. The number of hydrogen-bond donors (Lipinski definition) is 2. The first kappa shape index (κ1) is 28.2. The van der Waals surface area contributed by atoms with E-state index in [-0.39, 0.29) is 29.1 Å². The molecular weight excluding hydrogens is 479 g/mol. The minimum atomic E-state index is -0.518. The molecule has 1 aliphatic heterocycles. The van der Waals surface area contributed by atoms with Gasteiger partial charge in [-0.05, 0) is 74.6 Å². The second kappa shape index (κ2) is 13.8. The highest BCUT2D eigenvalue weighted by Crippen LogP contribution is 2.31. The highest BCUT2D eigenvalue weighted by molar-refractivity contribution is 6.31. The van der Waals surface area contributed by atoms with Crippen LogP contribution in [0.3, 0.4) is 0 Å². The van der Waals surface area contributed by atoms with Crippen molar-refractivity contribution >= 4 is 23.3 Å². The van der Waals surface area contributed by atoms with Crippen molar-refractivity contribution in [3.8, 4) is 6.07 Å². The summed E-state index contributed by atoms with van der Waals surface area (Å²) in [6.07, 6.45) is 11.4. The Hall–Kier alpha value is -2.40. The van der Waals surface area contributed by atoms with E-state index < -0.39 is 5.82 Å². The van der Waals surface area contributed by atoms with Crippen LogP contribution < -0.4 is 5.32 Å². The van der Waals surface area contributed by atoms with Crippen molar-refractivity contribution in [1.29, 1.82) is 5.26 Å². The van der Waals surface area contributed by atoms with Gasteiger partial charge < -0.3 is 15.3 Å². The van der Waals surface area contributed by atoms with Gasteiger partial charge in [0.1, 0.15) is 5.82 Å². The van der Waals surface area contributed by atoms with Gasteiger partial charge in [-0.15, -0.1) is 0 Å². The largest absolute Gasteiger partial charge is 0.392 e. The summed E-state index contributed by atoms with van der Waals surface area (Å²) in [6.45, 7) is 6.79. The van der Waals surface area contributed by atoms with E-state index in [1.807, 2.05) is 30.9 Å². The molecule has 0 aromatic heterocycles. The fourth-order valence-corrected chi connectivity index (χ4v) is 5.16. The molecule has 0 bridgehead atoms. The Labute approximate surface area is 219 Å². The number of hydrogen-bond acceptors (Lipinski definition) is 4. The monoisotopic (exact) mass is 516 g/mol. The van der Waals surface area contributed by atoms with Gasteiger partial charge in [0, 0.05) is 43.5 Å². The van der Waals surface area contributed by atoms with Crippen LogP contribution in [0.25, 0.3) is 0 Å². The third-order valence-corrected chi connectivity index (χ3v) is 7.52. The molecule has 1 atom stereocenters. The van der Waals surface area contributed by atoms with Crippen molar-refractivity contribution in [2.45, 2.75) is 64.5 Å². The number of anilines is 1. The molecule has 2 amide bonds. The van der Waals surface area contributed by atoms with Crippen LogP contribution in [-0.4, -0.2) is 59.3 Å². The van der Waals surface area contributed by atoms with Crippen LogP contribution in [-0.2, 0) is 0 Å². The standard InChI is InChI=1S/C28H38ClFN4O2/c1-20(2)22(18-31)6-4-3-5-21-7-10-24(11-8-21)34(16-15-33-14-13-25(35)19-33)28(36)32-23-9-12-27(30)26(29)17-23/h3-4,6,9,12,17,20-21,24-25,35H,5,7-8,10-11,13-16,19H2,1-2H3,(H,32,36)/b4-3-,22-6-/t21?,24?,25-/m0/s1. The molecule has 1 aliphatic carbocycles. The summed E-state index contributed by atoms with van der Waals surface area (Å²) in [4.78, 5) is 17.4. The van der Waals surface area contributed by atoms with Crippen LogP contribution in [0.5, 0.6) is 0 Å². The molecule has 1 saturated heterocycles. The van der Waals surface area contributed by atoms with Crippen LogP contribution in [0.2, 0.25) is 5.02 Å². The smallest absolute Gasteiger partial charge is 0.322 e. The van der Waals surface area contributed by atoms with Crippen molar-refractivity contribution in [2.24, 2.45) is 11.8 Å². The van der Waals surface area contributed by atoms with Gasteiger partial charge in [-0.2, -0.15) is 5.26 Å². The molecule has 6 nitrogen and oxygen atoms in total. The Morgan fingerprint density at radius 1 is 1.33 bits per heavy atom. The summed E-state index contributed by atoms with van der Waals surface area (Å²) in [5.41, 5.74) is 1.25. The molecule has 36 heavy (non-hydrogen) atoms. The SMILES string of the molecule is CC(C)/C(C#N)=C\C=C/CC1CCC(N(CCN2CC[C@H](O)C2)C(=O)Nc2ccc(F)c(Cl)c2)CC1. The number of nitrogens with zero attached hydrogens (tertiary/aromatic N) is 3. The zero-order valence-corrected chi connectivity index (χ0v) is 22.1. The van der Waals surface area contributed by atoms with E-state index in [1.54, 1.807) is 0 Å². The lowest BCUT2D eigenvalue weighted by molar-refractivity contribution is 0.137. The normalized spacial score (nSPS) is 23.2. The third-order valence-electron chi connectivity index (χ3n) is 7.23. The Morgan fingerprint density at radius 3 is 2.69 bits per heavy atom. The molecule has 1 aromatic carbocycles. The number of carbonyl (C=O) groups excluding carboxylic acids is 1. The first-order valence-corrected chi connectivity index (χ1v) is 13.3. The molecule has 8 heteroatoms. The van der Waals surface area contributed by atoms with Crippen molar-refractivity contribution in [1.82, 2.24) is 9.80 Å². The second-order valence-corrected chi connectivity index (χ2v) is 10.6. The second-order valence-electron chi connectivity index (χ2n) is 10.2. The van der Waals surface area contributed by atoms with E-state index in [0.29, 0.717) is 31.2 Å². The van der Waals surface area contributed by atoms with Gasteiger partial charge in [0.05, 0.1) is 17.2 Å². The van der Waals surface area contributed by atoms with Crippen LogP contribution in [0.15, 0.2) is 42.0 Å². The number of aliphatic hydroxyl groups excluding tert-OH is 1. The number of nitrogens with one attached hydrogen (secondary N) is 1. The lowest BCUT2D eigenvalue weighted by Gasteiger charge is -2.37. The van der Waals surface area contributed by atoms with Crippen LogP contribution in [0, 0.1) is 29.0 Å². The predicted octanol–water partition coefficient (Wildman–Crippen LogP) is 5.99. The summed E-state index contributed by atoms with van der Waals surface area (Å²) in [5.74, 6) is 0.266. The number of benzene rings is 1. The lowest BCUT2D eigenvalue weighted by Crippen LogP contribution is -2.47. The van der Waals surface area contributed by atoms with E-state index in [2.05, 4.69) is 22.4 Å². The van der Waals surface area contributed by atoms with Crippen LogP contribution in [0.1, 0.15) is 52.4 Å². The van der Waals surface area contributed by atoms with E-state index in [4.69, 9.17) is 11.6 Å². The van der Waals surface area contributed by atoms with Crippen LogP contribution >= 0.6 is 11.6 Å². The van der Waals surface area contributed by atoms with Gasteiger partial charge in [0.25, 0.3) is 0 Å². The van der Waals surface area contributed by atoms with Gasteiger partial charge in [-0.3, -0.25) is 4.90 Å². The highest BCUT2D eigenvalue weighted by atomic mass is 35.5. The van der Waals surface area contributed by atoms with E-state index in [0.717, 1.165) is 50.6 Å². The number of halogens is 2. The average molecular weight is 517 g/mol. The number of allylic oxidation sites excluding steroid dienone is 4. The van der Waals surface area contributed by atoms with Gasteiger partial charge in [-0.1, -0.05) is 37.6 Å². The number of nitriles is 1. The number of urea groups is 1. The Kier molecular flexibility index (Phi) is 10.8. The molecular formula is C28H38ClFN4O2. The van der Waals surface area contributed by atoms with E-state index in [9.17, 15) is 19.6 Å². The molecule has 1 heterocycles. The quantitative estimate of drug-likeness (QED) is 0.312. The fraction of sp³-hybridized carbons (Fsp3) is 0.571. The molecule has 2 N–H and O–H groups in total. The van der Waals surface area contributed by atoms with E-state index in [1.165, 1.54) is 18.2 Å². The molecule has 3 rings (SSSR count). The summed E-state index contributed by atoms with van der Waals surface area (Å²) in [6, 6.07) is 6.37. The van der Waals surface area contributed by atoms with Crippen molar-refractivity contribution in [3.63, 3.8) is 0 Å². The predicted molar refractivity (Wildman–Crippen MR) is 142 cm³/mol. The molecule has 196 valence electrons. The zero-order valence-electron chi connectivity index (χ0n) is 21.3. The minimum absolute atomic E-state index is 0.0240. The molecule has 0 spiro atoms. The first-order chi connectivity index (χ1) is 17.3. The highest BCUT2D eigenvalue weighted by Gasteiger charge is 2.30. The number of carbonyl (C=O) groups is 1. The number of aliphatic hydroxyl groups is 1. The summed E-state index contributed by atoms with van der Waals surface area (Å²) >= 11 is 5.90. The van der Waals surface area contributed by atoms with E-state index >= 15 is 0 Å². The van der Waals surface area contributed by atoms with Crippen LogP contribution in [0.4, 0.5) is 14.9 Å². The summed E-state index contributed by atoms with van der Waals surface area (Å²) in [5, 5.41) is 21.9. The minimum Gasteiger partial charge on any atom is -0.392 e. The molecule has 2 aliphatic rings. The van der Waals surface area contributed by atoms with Crippen molar-refractivity contribution < 1.29 is 14.3 Å². The zero-order chi connectivity index (χ0) is 26.1. The summed E-state index contributed by atoms with van der Waals surface area (Å²) in [7, 11) is 0. The average Bonchev–Trinajstić information content (AvgIpc) is 3.27. The molecule has 0 radical (unpaired) electrons. The van der Waals surface area contributed by atoms with Gasteiger partial charge in [0.15, 0.2) is 0 Å². The van der Waals surface area contributed by atoms with Crippen molar-refractivity contribution in [3.05, 3.63) is 52.8 Å². The number of rotatable bonds is 9. The third kappa shape index (κ3) is 8.33. The first-order valence-electron chi connectivity index (χ1n) is 13.0. The number of likely N-dealkylation sites (tertiary alicyclic amines) is 1. The molecule has 1 saturated carbocycles. The Balaban J connectivity index is 1.58. The van der Waals surface area contributed by atoms with Gasteiger partial charge in [-0.25, -0.2) is 9.18 Å². The van der Waals surface area contributed by atoms with Crippen molar-refractivity contribution in [2.75, 3.05) is 31.5 Å². The number of β-amino-alcohol motifs (C(OH)–C–C–N with tert-alkyl or cyclic N) is 1. The van der Waals surface area contributed by atoms with Gasteiger partial charge in [0.2, 0.25) is 0 Å². The Morgan fingerprint density at radius 2 is 2.08 bits per heavy atom. The number of amides is 2. The lowest BCUT2D eigenvalue weighted by atomic mass is 9.83. The fourth-order valence-electron chi connectivity index (χ4n) is 4.98. The maximum Gasteiger partial charge on any atom is 0.322 e. The topological polar surface area (TPSA) is 79.6 Å². The molecule has 0 unspecified atom stereocenters. The van der Waals surface area contributed by atoms with Gasteiger partial charge >= 0.3 is 6.03 Å². The summed E-state index contributed by atoms with van der Waals surface area (Å²) < 4.78 is 13.5.